The van der Waals surface area contributed by atoms with E-state index < -0.39 is 0 Å². The molecule has 2 heterocycles. The monoisotopic (exact) mass is 354 g/mol. The molecule has 2 aromatic heterocycles. The SMILES string of the molecule is CCc1sc2nc(C(C)C)[nH]c(=O)c2c1-c1ccc(C(C)(C)C)cc1. The highest BCUT2D eigenvalue weighted by atomic mass is 32.1. The van der Waals surface area contributed by atoms with E-state index in [1.165, 1.54) is 10.4 Å². The standard InChI is InChI=1S/C21H26N2OS/c1-7-15-16(13-8-10-14(11-9-13)21(4,5)6)17-19(24)22-18(12(2)3)23-20(17)25-15/h8-12H,7H2,1-6H3,(H,22,23,24). The van der Waals surface area contributed by atoms with Gasteiger partial charge in [-0.25, -0.2) is 4.98 Å². The van der Waals surface area contributed by atoms with E-state index in [4.69, 9.17) is 4.98 Å². The van der Waals surface area contributed by atoms with Gasteiger partial charge in [0.15, 0.2) is 0 Å². The van der Waals surface area contributed by atoms with Crippen LogP contribution in [0.15, 0.2) is 29.1 Å². The molecule has 1 N–H and O–H groups in total. The molecule has 4 heteroatoms. The van der Waals surface area contributed by atoms with Gasteiger partial charge in [0.2, 0.25) is 0 Å². The number of aryl methyl sites for hydroxylation is 1. The van der Waals surface area contributed by atoms with Crippen LogP contribution in [-0.2, 0) is 11.8 Å². The van der Waals surface area contributed by atoms with Crippen LogP contribution < -0.4 is 5.56 Å². The average molecular weight is 355 g/mol. The molecule has 0 spiro atoms. The molecule has 0 radical (unpaired) electrons. The van der Waals surface area contributed by atoms with Gasteiger partial charge in [-0.05, 0) is 23.0 Å². The third-order valence-corrected chi connectivity index (χ3v) is 5.79. The van der Waals surface area contributed by atoms with E-state index in [0.717, 1.165) is 33.6 Å². The highest BCUT2D eigenvalue weighted by molar-refractivity contribution is 7.19. The first-order chi connectivity index (χ1) is 11.7. The second-order valence-corrected chi connectivity index (χ2v) is 8.95. The topological polar surface area (TPSA) is 45.8 Å². The molecular weight excluding hydrogens is 328 g/mol. The number of rotatable bonds is 3. The van der Waals surface area contributed by atoms with E-state index in [1.807, 2.05) is 13.8 Å². The molecule has 0 saturated heterocycles. The molecule has 3 nitrogen and oxygen atoms in total. The predicted molar refractivity (Wildman–Crippen MR) is 108 cm³/mol. The van der Waals surface area contributed by atoms with Crippen LogP contribution in [0.5, 0.6) is 0 Å². The molecule has 1 aromatic carbocycles. The number of hydrogen-bond acceptors (Lipinski definition) is 3. The number of nitrogens with zero attached hydrogens (tertiary/aromatic N) is 1. The van der Waals surface area contributed by atoms with Gasteiger partial charge in [0, 0.05) is 16.4 Å². The van der Waals surface area contributed by atoms with Crippen molar-refractivity contribution >= 4 is 21.6 Å². The van der Waals surface area contributed by atoms with E-state index >= 15 is 0 Å². The molecule has 0 fully saturated rings. The van der Waals surface area contributed by atoms with Gasteiger partial charge in [-0.1, -0.05) is 65.8 Å². The summed E-state index contributed by atoms with van der Waals surface area (Å²) in [6.07, 6.45) is 0.897. The number of hydrogen-bond donors (Lipinski definition) is 1. The number of nitrogens with one attached hydrogen (secondary N) is 1. The summed E-state index contributed by atoms with van der Waals surface area (Å²) in [4.78, 5) is 22.5. The predicted octanol–water partition coefficient (Wildman–Crippen LogP) is 5.63. The zero-order valence-corrected chi connectivity index (χ0v) is 16.7. The molecule has 3 rings (SSSR count). The summed E-state index contributed by atoms with van der Waals surface area (Å²) in [7, 11) is 0. The number of aromatic nitrogens is 2. The Labute approximate surface area is 153 Å². The van der Waals surface area contributed by atoms with Gasteiger partial charge in [0.05, 0.1) is 5.39 Å². The van der Waals surface area contributed by atoms with Crippen LogP contribution in [0.2, 0.25) is 0 Å². The lowest BCUT2D eigenvalue weighted by atomic mass is 9.86. The summed E-state index contributed by atoms with van der Waals surface area (Å²) in [6.45, 7) is 12.9. The number of aromatic amines is 1. The fourth-order valence-electron chi connectivity index (χ4n) is 3.04. The van der Waals surface area contributed by atoms with Gasteiger partial charge in [0.1, 0.15) is 10.7 Å². The van der Waals surface area contributed by atoms with Crippen molar-refractivity contribution in [2.24, 2.45) is 0 Å². The first kappa shape index (κ1) is 17.9. The van der Waals surface area contributed by atoms with Crippen molar-refractivity contribution in [3.8, 4) is 11.1 Å². The molecule has 0 atom stereocenters. The largest absolute Gasteiger partial charge is 0.310 e. The fraction of sp³-hybridized carbons (Fsp3) is 0.429. The molecule has 3 aromatic rings. The van der Waals surface area contributed by atoms with Crippen LogP contribution in [0.4, 0.5) is 0 Å². The van der Waals surface area contributed by atoms with Crippen molar-refractivity contribution in [3.63, 3.8) is 0 Å². The third kappa shape index (κ3) is 3.28. The van der Waals surface area contributed by atoms with Crippen LogP contribution in [-0.4, -0.2) is 9.97 Å². The summed E-state index contributed by atoms with van der Waals surface area (Å²) in [5.41, 5.74) is 3.53. The summed E-state index contributed by atoms with van der Waals surface area (Å²) >= 11 is 1.64. The van der Waals surface area contributed by atoms with Crippen molar-refractivity contribution in [1.82, 2.24) is 9.97 Å². The number of H-pyrrole nitrogens is 1. The first-order valence-corrected chi connectivity index (χ1v) is 9.70. The van der Waals surface area contributed by atoms with Crippen LogP contribution in [0, 0.1) is 0 Å². The maximum atomic E-state index is 12.8. The molecule has 0 saturated carbocycles. The van der Waals surface area contributed by atoms with Gasteiger partial charge in [-0.2, -0.15) is 0 Å². The van der Waals surface area contributed by atoms with Crippen LogP contribution in [0.1, 0.15) is 63.7 Å². The lowest BCUT2D eigenvalue weighted by Gasteiger charge is -2.19. The highest BCUT2D eigenvalue weighted by Crippen LogP contribution is 2.37. The Hall–Kier alpha value is -1.94. The lowest BCUT2D eigenvalue weighted by Crippen LogP contribution is -2.12. The zero-order chi connectivity index (χ0) is 18.4. The first-order valence-electron chi connectivity index (χ1n) is 8.88. The van der Waals surface area contributed by atoms with Crippen LogP contribution in [0.25, 0.3) is 21.3 Å². The van der Waals surface area contributed by atoms with E-state index in [0.29, 0.717) is 0 Å². The number of thiophene rings is 1. The van der Waals surface area contributed by atoms with Gasteiger partial charge in [-0.15, -0.1) is 11.3 Å². The second-order valence-electron chi connectivity index (χ2n) is 7.87. The molecule has 0 bridgehead atoms. The molecule has 25 heavy (non-hydrogen) atoms. The molecule has 0 amide bonds. The minimum atomic E-state index is -0.0282. The van der Waals surface area contributed by atoms with Gasteiger partial charge in [0.25, 0.3) is 5.56 Å². The van der Waals surface area contributed by atoms with E-state index in [1.54, 1.807) is 11.3 Å². The number of benzene rings is 1. The normalized spacial score (nSPS) is 12.3. The maximum absolute atomic E-state index is 12.8. The maximum Gasteiger partial charge on any atom is 0.260 e. The molecule has 0 unspecified atom stereocenters. The summed E-state index contributed by atoms with van der Waals surface area (Å²) in [5.74, 6) is 0.967. The molecular formula is C21H26N2OS. The van der Waals surface area contributed by atoms with Gasteiger partial charge in [-0.3, -0.25) is 4.79 Å². The second kappa shape index (κ2) is 6.41. The molecule has 0 aliphatic rings. The smallest absolute Gasteiger partial charge is 0.260 e. The van der Waals surface area contributed by atoms with Crippen molar-refractivity contribution in [2.75, 3.05) is 0 Å². The van der Waals surface area contributed by atoms with Gasteiger partial charge < -0.3 is 4.98 Å². The van der Waals surface area contributed by atoms with E-state index in [-0.39, 0.29) is 16.9 Å². The fourth-order valence-corrected chi connectivity index (χ4v) is 4.18. The minimum Gasteiger partial charge on any atom is -0.310 e. The Morgan fingerprint density at radius 3 is 2.32 bits per heavy atom. The zero-order valence-electron chi connectivity index (χ0n) is 15.9. The van der Waals surface area contributed by atoms with Crippen molar-refractivity contribution in [2.45, 2.75) is 59.3 Å². The Kier molecular flexibility index (Phi) is 4.58. The van der Waals surface area contributed by atoms with Crippen molar-refractivity contribution in [1.29, 1.82) is 0 Å². The van der Waals surface area contributed by atoms with E-state index in [2.05, 4.69) is 56.9 Å². The van der Waals surface area contributed by atoms with Crippen molar-refractivity contribution in [3.05, 3.63) is 50.9 Å². The molecule has 0 aliphatic heterocycles. The summed E-state index contributed by atoms with van der Waals surface area (Å²) in [5, 5.41) is 0.731. The third-order valence-electron chi connectivity index (χ3n) is 4.56. The number of fused-ring (bicyclic) bond motifs is 1. The quantitative estimate of drug-likeness (QED) is 0.662. The Balaban J connectivity index is 2.23. The summed E-state index contributed by atoms with van der Waals surface area (Å²) in [6, 6.07) is 8.61. The minimum absolute atomic E-state index is 0.0282. The van der Waals surface area contributed by atoms with Gasteiger partial charge >= 0.3 is 0 Å². The Morgan fingerprint density at radius 1 is 1.16 bits per heavy atom. The summed E-state index contributed by atoms with van der Waals surface area (Å²) < 4.78 is 0. The van der Waals surface area contributed by atoms with Crippen LogP contribution in [0.3, 0.4) is 0 Å². The molecule has 132 valence electrons. The lowest BCUT2D eigenvalue weighted by molar-refractivity contribution is 0.590. The Bertz CT molecular complexity index is 956. The highest BCUT2D eigenvalue weighted by Gasteiger charge is 2.20. The van der Waals surface area contributed by atoms with Crippen molar-refractivity contribution < 1.29 is 0 Å². The van der Waals surface area contributed by atoms with E-state index in [9.17, 15) is 4.79 Å². The van der Waals surface area contributed by atoms with Crippen LogP contribution >= 0.6 is 11.3 Å². The Morgan fingerprint density at radius 2 is 1.80 bits per heavy atom. The average Bonchev–Trinajstić information content (AvgIpc) is 2.93. The molecule has 0 aliphatic carbocycles.